The Balaban J connectivity index is 1.62. The van der Waals surface area contributed by atoms with Crippen LogP contribution in [0.15, 0.2) is 97.1 Å². The number of hydrogen-bond donors (Lipinski definition) is 0. The number of anilines is 6. The van der Waals surface area contributed by atoms with Crippen LogP contribution in [0.5, 0.6) is 0 Å². The van der Waals surface area contributed by atoms with Crippen LogP contribution in [0.1, 0.15) is 105 Å². The normalized spacial score (nSPS) is 14.6. The molecule has 0 saturated heterocycles. The summed E-state index contributed by atoms with van der Waals surface area (Å²) in [7, 11) is -1.85. The Morgan fingerprint density at radius 3 is 1.17 bits per heavy atom. The average molecular weight is 717 g/mol. The third-order valence-electron chi connectivity index (χ3n) is 11.6. The molecular weight excluding hydrogens is 655 g/mol. The summed E-state index contributed by atoms with van der Waals surface area (Å²) in [4.78, 5) is 5.20. The Kier molecular flexibility index (Phi) is 8.62. The highest BCUT2D eigenvalue weighted by Gasteiger charge is 2.46. The predicted octanol–water partition coefficient (Wildman–Crippen LogP) is 11.5. The molecule has 0 bridgehead atoms. The molecule has 2 heterocycles. The quantitative estimate of drug-likeness (QED) is 0.168. The summed E-state index contributed by atoms with van der Waals surface area (Å²) < 4.78 is 0. The highest BCUT2D eigenvalue weighted by molar-refractivity contribution is 7.01. The van der Waals surface area contributed by atoms with Crippen molar-refractivity contribution in [2.75, 3.05) is 9.80 Å². The Labute approximate surface area is 322 Å². The van der Waals surface area contributed by atoms with Crippen molar-refractivity contribution in [3.63, 3.8) is 0 Å². The smallest absolute Gasteiger partial charge is 0.252 e. The van der Waals surface area contributed by atoms with Gasteiger partial charge in [0, 0.05) is 34.1 Å². The Morgan fingerprint density at radius 2 is 0.774 bits per heavy atom. The van der Waals surface area contributed by atoms with E-state index in [1.807, 2.05) is 0 Å². The van der Waals surface area contributed by atoms with Gasteiger partial charge in [0.15, 0.2) is 0 Å². The maximum Gasteiger partial charge on any atom is 0.252 e. The molecule has 0 amide bonds. The SMILES string of the molecule is CC(C)(C)c1ccc(N2c3ccc(C(C)(C)C)cc3B3c4cc(C(C)(C)C)ccc4N(c4ccc(C(C)(C)C)cc4)c4c([Si](C)(C)C)ccc2c43)cc1. The fraction of sp³-hybridized carbons (Fsp3) is 0.388. The number of fused-ring (bicyclic) bond motifs is 4. The van der Waals surface area contributed by atoms with Gasteiger partial charge in [0.2, 0.25) is 0 Å². The first kappa shape index (κ1) is 37.3. The van der Waals surface area contributed by atoms with Crippen LogP contribution in [0.4, 0.5) is 34.1 Å². The van der Waals surface area contributed by atoms with Crippen molar-refractivity contribution >= 4 is 70.5 Å². The number of hydrogen-bond acceptors (Lipinski definition) is 2. The molecule has 0 unspecified atom stereocenters. The molecule has 0 saturated carbocycles. The van der Waals surface area contributed by atoms with Crippen LogP contribution in [-0.2, 0) is 21.7 Å². The third kappa shape index (κ3) is 6.49. The molecule has 7 rings (SSSR count). The molecule has 0 N–H and O–H groups in total. The second kappa shape index (κ2) is 12.3. The van der Waals surface area contributed by atoms with Crippen molar-refractivity contribution in [1.82, 2.24) is 0 Å². The van der Waals surface area contributed by atoms with E-state index in [9.17, 15) is 0 Å². The highest BCUT2D eigenvalue weighted by atomic mass is 28.3. The molecule has 0 fully saturated rings. The molecule has 53 heavy (non-hydrogen) atoms. The van der Waals surface area contributed by atoms with Crippen LogP contribution in [0, 0.1) is 0 Å². The lowest BCUT2D eigenvalue weighted by Gasteiger charge is -2.46. The monoisotopic (exact) mass is 716 g/mol. The van der Waals surface area contributed by atoms with Gasteiger partial charge in [0.05, 0.1) is 8.07 Å². The van der Waals surface area contributed by atoms with E-state index >= 15 is 0 Å². The highest BCUT2D eigenvalue weighted by Crippen LogP contribution is 2.45. The Morgan fingerprint density at radius 1 is 0.415 bits per heavy atom. The molecule has 5 aromatic rings. The molecule has 274 valence electrons. The van der Waals surface area contributed by atoms with E-state index in [0.29, 0.717) is 0 Å². The van der Waals surface area contributed by atoms with Gasteiger partial charge in [0.25, 0.3) is 6.71 Å². The van der Waals surface area contributed by atoms with E-state index in [4.69, 9.17) is 0 Å². The van der Waals surface area contributed by atoms with Crippen molar-refractivity contribution in [3.8, 4) is 0 Å². The third-order valence-corrected chi connectivity index (χ3v) is 13.6. The van der Waals surface area contributed by atoms with Crippen LogP contribution in [0.25, 0.3) is 0 Å². The lowest BCUT2D eigenvalue weighted by molar-refractivity contribution is 0.590. The summed E-state index contributed by atoms with van der Waals surface area (Å²) in [5.74, 6) is 0. The van der Waals surface area contributed by atoms with Crippen molar-refractivity contribution in [1.29, 1.82) is 0 Å². The van der Waals surface area contributed by atoms with Crippen LogP contribution >= 0.6 is 0 Å². The molecular formula is C49H61BN2Si. The molecule has 2 nitrogen and oxygen atoms in total. The minimum atomic E-state index is -1.85. The maximum absolute atomic E-state index is 2.64. The zero-order chi connectivity index (χ0) is 38.6. The van der Waals surface area contributed by atoms with E-state index in [2.05, 4.69) is 210 Å². The molecule has 0 aromatic heterocycles. The zero-order valence-electron chi connectivity index (χ0n) is 35.2. The number of nitrogens with zero attached hydrogens (tertiary/aromatic N) is 2. The number of rotatable bonds is 3. The maximum atomic E-state index is 2.64. The summed E-state index contributed by atoms with van der Waals surface area (Å²) in [5.41, 5.74) is 17.6. The topological polar surface area (TPSA) is 6.48 Å². The number of benzene rings is 5. The van der Waals surface area contributed by atoms with Gasteiger partial charge in [-0.2, -0.15) is 0 Å². The molecule has 4 heteroatoms. The summed E-state index contributed by atoms with van der Waals surface area (Å²) in [6.07, 6.45) is 0. The second-order valence-electron chi connectivity index (χ2n) is 20.9. The van der Waals surface area contributed by atoms with E-state index in [0.717, 1.165) is 0 Å². The van der Waals surface area contributed by atoms with Crippen LogP contribution < -0.4 is 31.4 Å². The molecule has 0 atom stereocenters. The van der Waals surface area contributed by atoms with Crippen molar-refractivity contribution in [3.05, 3.63) is 119 Å². The Bertz CT molecular complexity index is 2170. The summed E-state index contributed by atoms with van der Waals surface area (Å²) >= 11 is 0. The average Bonchev–Trinajstić information content (AvgIpc) is 3.05. The molecule has 2 aliphatic heterocycles. The minimum absolute atomic E-state index is 0.0170. The summed E-state index contributed by atoms with van der Waals surface area (Å²) in [6, 6.07) is 38.4. The van der Waals surface area contributed by atoms with Crippen molar-refractivity contribution in [2.45, 2.75) is 124 Å². The van der Waals surface area contributed by atoms with Gasteiger partial charge in [-0.15, -0.1) is 0 Å². The van der Waals surface area contributed by atoms with Gasteiger partial charge in [-0.3, -0.25) is 0 Å². The van der Waals surface area contributed by atoms with E-state index in [-0.39, 0.29) is 28.4 Å². The summed E-state index contributed by atoms with van der Waals surface area (Å²) in [5, 5.41) is 1.50. The largest absolute Gasteiger partial charge is 0.312 e. The van der Waals surface area contributed by atoms with E-state index < -0.39 is 8.07 Å². The molecule has 5 aromatic carbocycles. The molecule has 0 aliphatic carbocycles. The first-order valence-corrected chi connectivity index (χ1v) is 23.2. The van der Waals surface area contributed by atoms with Crippen molar-refractivity contribution < 1.29 is 0 Å². The molecule has 0 radical (unpaired) electrons. The van der Waals surface area contributed by atoms with E-state index in [1.165, 1.54) is 78.0 Å². The fourth-order valence-corrected chi connectivity index (χ4v) is 9.87. The zero-order valence-corrected chi connectivity index (χ0v) is 36.2. The minimum Gasteiger partial charge on any atom is -0.312 e. The van der Waals surface area contributed by atoms with Gasteiger partial charge in [-0.25, -0.2) is 0 Å². The Hall–Kier alpha value is -4.02. The van der Waals surface area contributed by atoms with Gasteiger partial charge in [-0.05, 0) is 108 Å². The predicted molar refractivity (Wildman–Crippen MR) is 238 cm³/mol. The lowest BCUT2D eigenvalue weighted by Crippen LogP contribution is -2.63. The lowest BCUT2D eigenvalue weighted by atomic mass is 9.33. The first-order valence-electron chi connectivity index (χ1n) is 19.7. The van der Waals surface area contributed by atoms with Crippen LogP contribution in [0.2, 0.25) is 19.6 Å². The standard InChI is InChI=1S/C49H61BN2Si/c1-46(2,3)32-16-22-36(23-17-32)51-40-26-20-34(48(7,8)9)30-38(40)50-39-31-35(49(10,11)12)21-27-41(39)52(37-24-18-33(19-25-37)47(4,5)6)45-43(53(13,14)15)29-28-42(51)44(45)50/h16-31H,1-15H3. The molecule has 2 aliphatic rings. The second-order valence-corrected chi connectivity index (χ2v) is 25.9. The van der Waals surface area contributed by atoms with Crippen molar-refractivity contribution in [2.24, 2.45) is 0 Å². The molecule has 0 spiro atoms. The van der Waals surface area contributed by atoms with Gasteiger partial charge < -0.3 is 9.80 Å². The van der Waals surface area contributed by atoms with Gasteiger partial charge >= 0.3 is 0 Å². The van der Waals surface area contributed by atoms with Gasteiger partial charge in [-0.1, -0.05) is 157 Å². The van der Waals surface area contributed by atoms with Crippen LogP contribution in [-0.4, -0.2) is 14.8 Å². The fourth-order valence-electron chi connectivity index (χ4n) is 8.33. The first-order chi connectivity index (χ1) is 24.5. The van der Waals surface area contributed by atoms with Crippen LogP contribution in [0.3, 0.4) is 0 Å². The van der Waals surface area contributed by atoms with E-state index in [1.54, 1.807) is 0 Å². The van der Waals surface area contributed by atoms with Gasteiger partial charge in [0.1, 0.15) is 0 Å². The summed E-state index contributed by atoms with van der Waals surface area (Å²) in [6.45, 7) is 35.5.